The second-order valence-electron chi connectivity index (χ2n) is 7.74. The fourth-order valence-corrected chi connectivity index (χ4v) is 3.52. The zero-order valence-electron chi connectivity index (χ0n) is 12.5. The minimum atomic E-state index is -0.434. The molecule has 2 fully saturated rings. The average Bonchev–Trinajstić information content (AvgIpc) is 2.32. The van der Waals surface area contributed by atoms with Gasteiger partial charge in [0.1, 0.15) is 0 Å². The van der Waals surface area contributed by atoms with Crippen LogP contribution in [0.1, 0.15) is 72.1 Å². The Morgan fingerprint density at radius 2 is 1.78 bits per heavy atom. The van der Waals surface area contributed by atoms with Crippen molar-refractivity contribution in [3.8, 4) is 0 Å². The molecule has 2 aliphatic rings. The van der Waals surface area contributed by atoms with Crippen molar-refractivity contribution in [1.29, 1.82) is 0 Å². The number of hydrogen-bond donors (Lipinski definition) is 2. The van der Waals surface area contributed by atoms with Crippen molar-refractivity contribution in [1.82, 2.24) is 5.32 Å². The van der Waals surface area contributed by atoms with Gasteiger partial charge in [0, 0.05) is 12.6 Å². The van der Waals surface area contributed by atoms with Gasteiger partial charge in [-0.2, -0.15) is 0 Å². The first-order valence-electron chi connectivity index (χ1n) is 7.84. The summed E-state index contributed by atoms with van der Waals surface area (Å²) in [5.74, 6) is 0.858. The maximum Gasteiger partial charge on any atom is 0.0772 e. The lowest BCUT2D eigenvalue weighted by Gasteiger charge is -2.41. The van der Waals surface area contributed by atoms with Gasteiger partial charge in [0.2, 0.25) is 0 Å². The highest BCUT2D eigenvalue weighted by molar-refractivity contribution is 4.91. The van der Waals surface area contributed by atoms with Gasteiger partial charge in [-0.1, -0.05) is 33.6 Å². The molecule has 0 radical (unpaired) electrons. The monoisotopic (exact) mass is 253 g/mol. The van der Waals surface area contributed by atoms with Gasteiger partial charge in [-0.25, -0.2) is 0 Å². The maximum atomic E-state index is 10.6. The molecule has 106 valence electrons. The van der Waals surface area contributed by atoms with Crippen molar-refractivity contribution in [2.24, 2.45) is 11.3 Å². The third kappa shape index (κ3) is 3.96. The molecule has 2 unspecified atom stereocenters. The Morgan fingerprint density at radius 3 is 2.39 bits per heavy atom. The van der Waals surface area contributed by atoms with Crippen LogP contribution in [0.4, 0.5) is 0 Å². The van der Waals surface area contributed by atoms with Gasteiger partial charge in [0.05, 0.1) is 5.60 Å². The molecular weight excluding hydrogens is 222 g/mol. The highest BCUT2D eigenvalue weighted by atomic mass is 16.3. The minimum Gasteiger partial charge on any atom is -0.389 e. The lowest BCUT2D eigenvalue weighted by Crippen LogP contribution is -2.48. The largest absolute Gasteiger partial charge is 0.389 e. The van der Waals surface area contributed by atoms with Crippen LogP contribution < -0.4 is 5.32 Å². The number of aliphatic hydroxyl groups is 1. The summed E-state index contributed by atoms with van der Waals surface area (Å²) in [7, 11) is 0. The molecule has 0 saturated heterocycles. The lowest BCUT2D eigenvalue weighted by atomic mass is 9.71. The first kappa shape index (κ1) is 14.3. The zero-order chi connectivity index (χ0) is 13.2. The molecule has 0 spiro atoms. The highest BCUT2D eigenvalue weighted by Crippen LogP contribution is 2.40. The molecule has 0 amide bonds. The van der Waals surface area contributed by atoms with Crippen LogP contribution in [0.15, 0.2) is 0 Å². The van der Waals surface area contributed by atoms with E-state index in [1.165, 1.54) is 25.7 Å². The van der Waals surface area contributed by atoms with E-state index in [4.69, 9.17) is 0 Å². The summed E-state index contributed by atoms with van der Waals surface area (Å²) in [5, 5.41) is 14.3. The van der Waals surface area contributed by atoms with Gasteiger partial charge in [-0.15, -0.1) is 0 Å². The second kappa shape index (κ2) is 5.50. The standard InChI is InChI=1S/C16H31NO/c1-13-5-4-6-14(11-13)17-12-16(18)9-7-15(2,3)8-10-16/h13-14,17-18H,4-12H2,1-3H3. The van der Waals surface area contributed by atoms with E-state index >= 15 is 0 Å². The van der Waals surface area contributed by atoms with E-state index in [1.807, 2.05) is 0 Å². The minimum absolute atomic E-state index is 0.434. The van der Waals surface area contributed by atoms with Gasteiger partial charge < -0.3 is 10.4 Å². The van der Waals surface area contributed by atoms with Crippen LogP contribution in [0.3, 0.4) is 0 Å². The number of hydrogen-bond acceptors (Lipinski definition) is 2. The second-order valence-corrected chi connectivity index (χ2v) is 7.74. The molecule has 2 saturated carbocycles. The lowest BCUT2D eigenvalue weighted by molar-refractivity contribution is -0.0271. The molecule has 0 aliphatic heterocycles. The quantitative estimate of drug-likeness (QED) is 0.807. The van der Waals surface area contributed by atoms with E-state index in [0.717, 1.165) is 38.1 Å². The summed E-state index contributed by atoms with van der Waals surface area (Å²) in [6.07, 6.45) is 9.58. The van der Waals surface area contributed by atoms with E-state index in [0.29, 0.717) is 11.5 Å². The fraction of sp³-hybridized carbons (Fsp3) is 1.00. The van der Waals surface area contributed by atoms with Crippen LogP contribution >= 0.6 is 0 Å². The normalized spacial score (nSPS) is 35.3. The van der Waals surface area contributed by atoms with Crippen LogP contribution in [0, 0.1) is 11.3 Å². The molecule has 0 heterocycles. The molecule has 18 heavy (non-hydrogen) atoms. The molecule has 2 N–H and O–H groups in total. The van der Waals surface area contributed by atoms with Crippen LogP contribution in [0.2, 0.25) is 0 Å². The van der Waals surface area contributed by atoms with E-state index in [2.05, 4.69) is 26.1 Å². The molecule has 2 heteroatoms. The predicted octanol–water partition coefficient (Wildman–Crippen LogP) is 3.49. The molecule has 2 atom stereocenters. The molecule has 2 nitrogen and oxygen atoms in total. The molecule has 0 aromatic carbocycles. The number of nitrogens with one attached hydrogen (secondary N) is 1. The summed E-state index contributed by atoms with van der Waals surface area (Å²) in [5.41, 5.74) is 0.00177. The van der Waals surface area contributed by atoms with E-state index in [1.54, 1.807) is 0 Å². The third-order valence-electron chi connectivity index (χ3n) is 5.19. The molecular formula is C16H31NO. The summed E-state index contributed by atoms with van der Waals surface area (Å²) in [4.78, 5) is 0. The van der Waals surface area contributed by atoms with Crippen LogP contribution in [-0.4, -0.2) is 23.3 Å². The first-order chi connectivity index (χ1) is 8.39. The van der Waals surface area contributed by atoms with Crippen molar-refractivity contribution >= 4 is 0 Å². The summed E-state index contributed by atoms with van der Waals surface area (Å²) >= 11 is 0. The summed E-state index contributed by atoms with van der Waals surface area (Å²) in [6, 6.07) is 0.646. The highest BCUT2D eigenvalue weighted by Gasteiger charge is 2.36. The molecule has 0 aromatic rings. The van der Waals surface area contributed by atoms with Crippen molar-refractivity contribution < 1.29 is 5.11 Å². The van der Waals surface area contributed by atoms with Gasteiger partial charge in [0.25, 0.3) is 0 Å². The van der Waals surface area contributed by atoms with Crippen LogP contribution in [0.5, 0.6) is 0 Å². The molecule has 2 rings (SSSR count). The molecule has 2 aliphatic carbocycles. The van der Waals surface area contributed by atoms with Gasteiger partial charge in [0.15, 0.2) is 0 Å². The Kier molecular flexibility index (Phi) is 4.38. The number of rotatable bonds is 3. The van der Waals surface area contributed by atoms with Crippen molar-refractivity contribution in [3.63, 3.8) is 0 Å². The van der Waals surface area contributed by atoms with Crippen molar-refractivity contribution in [3.05, 3.63) is 0 Å². The van der Waals surface area contributed by atoms with E-state index in [-0.39, 0.29) is 0 Å². The predicted molar refractivity (Wildman–Crippen MR) is 76.6 cm³/mol. The van der Waals surface area contributed by atoms with Crippen LogP contribution in [0.25, 0.3) is 0 Å². The van der Waals surface area contributed by atoms with Crippen molar-refractivity contribution in [2.75, 3.05) is 6.54 Å². The molecule has 0 aromatic heterocycles. The Hall–Kier alpha value is -0.0800. The Labute approximate surface area is 113 Å². The topological polar surface area (TPSA) is 32.3 Å². The average molecular weight is 253 g/mol. The Morgan fingerprint density at radius 1 is 1.11 bits per heavy atom. The van der Waals surface area contributed by atoms with E-state index in [9.17, 15) is 5.11 Å². The van der Waals surface area contributed by atoms with E-state index < -0.39 is 5.60 Å². The Bertz CT molecular complexity index is 264. The fourth-order valence-electron chi connectivity index (χ4n) is 3.52. The van der Waals surface area contributed by atoms with Crippen molar-refractivity contribution in [2.45, 2.75) is 83.8 Å². The van der Waals surface area contributed by atoms with Gasteiger partial charge in [-0.3, -0.25) is 0 Å². The molecule has 0 bridgehead atoms. The van der Waals surface area contributed by atoms with Gasteiger partial charge >= 0.3 is 0 Å². The van der Waals surface area contributed by atoms with Crippen LogP contribution in [-0.2, 0) is 0 Å². The zero-order valence-corrected chi connectivity index (χ0v) is 12.5. The third-order valence-corrected chi connectivity index (χ3v) is 5.19. The maximum absolute atomic E-state index is 10.6. The SMILES string of the molecule is CC1CCCC(NCC2(O)CCC(C)(C)CC2)C1. The Balaban J connectivity index is 1.76. The smallest absolute Gasteiger partial charge is 0.0772 e. The summed E-state index contributed by atoms with van der Waals surface area (Å²) < 4.78 is 0. The van der Waals surface area contributed by atoms with Gasteiger partial charge in [-0.05, 0) is 49.9 Å². The first-order valence-corrected chi connectivity index (χ1v) is 7.84. The summed E-state index contributed by atoms with van der Waals surface area (Å²) in [6.45, 7) is 7.80.